The van der Waals surface area contributed by atoms with Crippen LogP contribution < -0.4 is 0 Å². The molecule has 5 aromatic rings. The lowest BCUT2D eigenvalue weighted by molar-refractivity contribution is -0.136. The molecule has 4 nitrogen and oxygen atoms in total. The molecule has 4 aromatic carbocycles. The predicted octanol–water partition coefficient (Wildman–Crippen LogP) is 7.06. The minimum Gasteiger partial charge on any atom is -0.478 e. The summed E-state index contributed by atoms with van der Waals surface area (Å²) in [5, 5.41) is 14.0. The van der Waals surface area contributed by atoms with Gasteiger partial charge in [0.25, 0.3) is 0 Å². The summed E-state index contributed by atoms with van der Waals surface area (Å²) >= 11 is 0. The second-order valence-corrected chi connectivity index (χ2v) is 8.57. The molecule has 0 spiro atoms. The highest BCUT2D eigenvalue weighted by Crippen LogP contribution is 2.38. The third-order valence-corrected chi connectivity index (χ3v) is 6.06. The molecule has 7 heteroatoms. The zero-order chi connectivity index (χ0) is 25.3. The average Bonchev–Trinajstić information content (AvgIpc) is 3.22. The van der Waals surface area contributed by atoms with Gasteiger partial charge in [-0.05, 0) is 47.4 Å². The number of fused-ring (bicyclic) bond motifs is 1. The van der Waals surface area contributed by atoms with Gasteiger partial charge in [0.1, 0.15) is 5.52 Å². The minimum absolute atomic E-state index is 0.0782. The van der Waals surface area contributed by atoms with E-state index in [0.717, 1.165) is 28.3 Å². The van der Waals surface area contributed by atoms with Gasteiger partial charge in [0.15, 0.2) is 0 Å². The molecule has 0 aliphatic carbocycles. The van der Waals surface area contributed by atoms with E-state index in [1.807, 2.05) is 54.6 Å². The number of nitrogens with zero attached hydrogens (tertiary/aromatic N) is 2. The second kappa shape index (κ2) is 9.34. The Labute approximate surface area is 205 Å². The fourth-order valence-electron chi connectivity index (χ4n) is 4.39. The lowest BCUT2D eigenvalue weighted by Gasteiger charge is -2.11. The SMILES string of the molecule is O=C(O)c1ccc(Cc2cccc(-c3c4cccc(C(F)(F)F)c4nn3Cc3ccccc3)c2)cc1. The maximum atomic E-state index is 13.8. The van der Waals surface area contributed by atoms with Crippen LogP contribution in [0.3, 0.4) is 0 Å². The van der Waals surface area contributed by atoms with Crippen molar-refractivity contribution in [1.82, 2.24) is 9.78 Å². The lowest BCUT2D eigenvalue weighted by atomic mass is 9.99. The van der Waals surface area contributed by atoms with Crippen molar-refractivity contribution in [2.45, 2.75) is 19.1 Å². The second-order valence-electron chi connectivity index (χ2n) is 8.57. The molecule has 180 valence electrons. The van der Waals surface area contributed by atoms with Crippen LogP contribution in [-0.4, -0.2) is 20.9 Å². The van der Waals surface area contributed by atoms with Crippen LogP contribution in [0.15, 0.2) is 97.1 Å². The van der Waals surface area contributed by atoms with E-state index in [1.54, 1.807) is 35.0 Å². The maximum absolute atomic E-state index is 13.8. The first-order chi connectivity index (χ1) is 17.3. The van der Waals surface area contributed by atoms with E-state index < -0.39 is 17.7 Å². The first kappa shape index (κ1) is 23.4. The van der Waals surface area contributed by atoms with Gasteiger partial charge < -0.3 is 5.11 Å². The van der Waals surface area contributed by atoms with Crippen LogP contribution in [0.2, 0.25) is 0 Å². The summed E-state index contributed by atoms with van der Waals surface area (Å²) < 4.78 is 43.0. The third kappa shape index (κ3) is 4.73. The van der Waals surface area contributed by atoms with Gasteiger partial charge in [-0.15, -0.1) is 0 Å². The van der Waals surface area contributed by atoms with E-state index in [-0.39, 0.29) is 11.1 Å². The number of hydrogen-bond acceptors (Lipinski definition) is 2. The number of halogens is 3. The molecule has 0 saturated carbocycles. The molecule has 0 amide bonds. The van der Waals surface area contributed by atoms with Crippen molar-refractivity contribution in [1.29, 1.82) is 0 Å². The van der Waals surface area contributed by atoms with Crippen molar-refractivity contribution >= 4 is 16.9 Å². The molecule has 0 aliphatic heterocycles. The van der Waals surface area contributed by atoms with Crippen molar-refractivity contribution in [3.63, 3.8) is 0 Å². The van der Waals surface area contributed by atoms with Gasteiger partial charge in [0, 0.05) is 10.9 Å². The van der Waals surface area contributed by atoms with E-state index in [1.165, 1.54) is 6.07 Å². The van der Waals surface area contributed by atoms with Gasteiger partial charge in [-0.1, -0.05) is 72.8 Å². The van der Waals surface area contributed by atoms with Crippen molar-refractivity contribution in [3.8, 4) is 11.3 Å². The van der Waals surface area contributed by atoms with Crippen LogP contribution >= 0.6 is 0 Å². The molecule has 0 aliphatic rings. The number of alkyl halides is 3. The van der Waals surface area contributed by atoms with Gasteiger partial charge in [-0.2, -0.15) is 18.3 Å². The summed E-state index contributed by atoms with van der Waals surface area (Å²) in [6.07, 6.45) is -3.97. The Morgan fingerprint density at radius 1 is 0.806 bits per heavy atom. The standard InChI is InChI=1S/C29H21F3N2O2/c30-29(31,32)25-11-5-10-24-26(25)33-34(18-20-6-2-1-3-7-20)27(24)23-9-4-8-21(17-23)16-19-12-14-22(15-13-19)28(35)36/h1-15,17H,16,18H2,(H,35,36). The van der Waals surface area contributed by atoms with E-state index in [0.29, 0.717) is 24.0 Å². The number of carboxylic acid groups (broad SMARTS) is 1. The van der Waals surface area contributed by atoms with Crippen LogP contribution in [-0.2, 0) is 19.1 Å². The van der Waals surface area contributed by atoms with Crippen LogP contribution in [0.4, 0.5) is 13.2 Å². The van der Waals surface area contributed by atoms with E-state index in [9.17, 15) is 18.0 Å². The fraction of sp³-hybridized carbons (Fsp3) is 0.103. The topological polar surface area (TPSA) is 55.1 Å². The number of rotatable bonds is 6. The molecule has 0 unspecified atom stereocenters. The molecule has 0 radical (unpaired) electrons. The highest BCUT2D eigenvalue weighted by atomic mass is 19.4. The molecule has 1 heterocycles. The molecule has 36 heavy (non-hydrogen) atoms. The van der Waals surface area contributed by atoms with Crippen LogP contribution in [0.5, 0.6) is 0 Å². The van der Waals surface area contributed by atoms with Crippen molar-refractivity contribution < 1.29 is 23.1 Å². The van der Waals surface area contributed by atoms with E-state index in [2.05, 4.69) is 5.10 Å². The summed E-state index contributed by atoms with van der Waals surface area (Å²) in [5.74, 6) is -0.986. The summed E-state index contributed by atoms with van der Waals surface area (Å²) in [7, 11) is 0. The molecule has 0 saturated heterocycles. The smallest absolute Gasteiger partial charge is 0.418 e. The Bertz CT molecular complexity index is 1540. The highest BCUT2D eigenvalue weighted by molar-refractivity contribution is 5.95. The molecule has 0 atom stereocenters. The van der Waals surface area contributed by atoms with Gasteiger partial charge in [-0.3, -0.25) is 4.68 Å². The monoisotopic (exact) mass is 486 g/mol. The molecule has 5 rings (SSSR count). The Kier molecular flexibility index (Phi) is 6.06. The summed E-state index contributed by atoms with van der Waals surface area (Å²) in [6.45, 7) is 0.322. The third-order valence-electron chi connectivity index (χ3n) is 6.06. The normalized spacial score (nSPS) is 11.6. The van der Waals surface area contributed by atoms with Crippen molar-refractivity contribution in [2.24, 2.45) is 0 Å². The predicted molar refractivity (Wildman–Crippen MR) is 132 cm³/mol. The molecule has 0 bridgehead atoms. The largest absolute Gasteiger partial charge is 0.478 e. The Balaban J connectivity index is 1.60. The van der Waals surface area contributed by atoms with Gasteiger partial charge >= 0.3 is 12.1 Å². The number of aromatic carboxylic acids is 1. The van der Waals surface area contributed by atoms with Gasteiger partial charge in [0.05, 0.1) is 23.4 Å². The molecular weight excluding hydrogens is 465 g/mol. The minimum atomic E-state index is -4.52. The Hall–Kier alpha value is -4.39. The van der Waals surface area contributed by atoms with Crippen molar-refractivity contribution in [2.75, 3.05) is 0 Å². The molecular formula is C29H21F3N2O2. The van der Waals surface area contributed by atoms with E-state index >= 15 is 0 Å². The zero-order valence-electron chi connectivity index (χ0n) is 19.0. The number of aromatic nitrogens is 2. The summed E-state index contributed by atoms with van der Waals surface area (Å²) in [4.78, 5) is 11.1. The number of hydrogen-bond donors (Lipinski definition) is 1. The average molecular weight is 486 g/mol. The van der Waals surface area contributed by atoms with Gasteiger partial charge in [0.2, 0.25) is 0 Å². The first-order valence-electron chi connectivity index (χ1n) is 11.3. The molecule has 1 aromatic heterocycles. The number of benzene rings is 4. The maximum Gasteiger partial charge on any atom is 0.418 e. The fourth-order valence-corrected chi connectivity index (χ4v) is 4.39. The van der Waals surface area contributed by atoms with Gasteiger partial charge in [-0.25, -0.2) is 4.79 Å². The quantitative estimate of drug-likeness (QED) is 0.280. The van der Waals surface area contributed by atoms with Crippen molar-refractivity contribution in [3.05, 3.63) is 125 Å². The van der Waals surface area contributed by atoms with Crippen LogP contribution in [0, 0.1) is 0 Å². The van der Waals surface area contributed by atoms with Crippen LogP contribution in [0.1, 0.15) is 32.6 Å². The summed E-state index contributed by atoms with van der Waals surface area (Å²) in [6, 6.07) is 27.9. The Morgan fingerprint density at radius 3 is 2.19 bits per heavy atom. The number of carbonyl (C=O) groups is 1. The Morgan fingerprint density at radius 2 is 1.50 bits per heavy atom. The highest BCUT2D eigenvalue weighted by Gasteiger charge is 2.34. The molecule has 1 N–H and O–H groups in total. The lowest BCUT2D eigenvalue weighted by Crippen LogP contribution is -2.06. The number of carboxylic acids is 1. The zero-order valence-corrected chi connectivity index (χ0v) is 19.0. The summed E-state index contributed by atoms with van der Waals surface area (Å²) in [5.41, 5.74) is 3.55. The van der Waals surface area contributed by atoms with Crippen LogP contribution in [0.25, 0.3) is 22.2 Å². The first-order valence-corrected chi connectivity index (χ1v) is 11.3. The molecule has 0 fully saturated rings. The van der Waals surface area contributed by atoms with E-state index in [4.69, 9.17) is 5.11 Å².